The highest BCUT2D eigenvalue weighted by atomic mass is 32.2. The quantitative estimate of drug-likeness (QED) is 0.802. The van der Waals surface area contributed by atoms with Crippen LogP contribution in [-0.4, -0.2) is 37.9 Å². The molecule has 5 nitrogen and oxygen atoms in total. The summed E-state index contributed by atoms with van der Waals surface area (Å²) in [5, 5.41) is 0. The highest BCUT2D eigenvalue weighted by molar-refractivity contribution is 7.87. The zero-order chi connectivity index (χ0) is 13.2. The molecule has 0 aliphatic heterocycles. The largest absolute Gasteiger partial charge is 0.326 e. The van der Waals surface area contributed by atoms with E-state index in [0.717, 1.165) is 44.9 Å². The van der Waals surface area contributed by atoms with E-state index in [-0.39, 0.29) is 18.1 Å². The molecule has 2 rings (SSSR count). The Morgan fingerprint density at radius 1 is 1.06 bits per heavy atom. The average molecular weight is 275 g/mol. The van der Waals surface area contributed by atoms with Gasteiger partial charge >= 0.3 is 0 Å². The second-order valence-electron chi connectivity index (χ2n) is 5.63. The molecule has 0 bridgehead atoms. The summed E-state index contributed by atoms with van der Waals surface area (Å²) in [6, 6.07) is 0.0504. The molecule has 0 radical (unpaired) electrons. The SMILES string of the molecule is CN(C1CCCCC1)S(=O)(=O)NC1CCCC1N. The fourth-order valence-electron chi connectivity index (χ4n) is 3.05. The minimum atomic E-state index is -3.37. The number of rotatable bonds is 4. The summed E-state index contributed by atoms with van der Waals surface area (Å²) >= 11 is 0. The van der Waals surface area contributed by atoms with Gasteiger partial charge in [-0.15, -0.1) is 0 Å². The van der Waals surface area contributed by atoms with E-state index in [1.54, 1.807) is 7.05 Å². The van der Waals surface area contributed by atoms with Crippen LogP contribution in [0.25, 0.3) is 0 Å². The van der Waals surface area contributed by atoms with E-state index in [1.807, 2.05) is 0 Å². The Balaban J connectivity index is 1.96. The highest BCUT2D eigenvalue weighted by Gasteiger charge is 2.33. The molecule has 2 fully saturated rings. The van der Waals surface area contributed by atoms with Crippen molar-refractivity contribution in [2.45, 2.75) is 69.5 Å². The van der Waals surface area contributed by atoms with Crippen molar-refractivity contribution in [3.63, 3.8) is 0 Å². The minimum Gasteiger partial charge on any atom is -0.326 e. The van der Waals surface area contributed by atoms with Crippen LogP contribution in [0.15, 0.2) is 0 Å². The van der Waals surface area contributed by atoms with E-state index in [2.05, 4.69) is 4.72 Å². The predicted octanol–water partition coefficient (Wildman–Crippen LogP) is 0.965. The van der Waals surface area contributed by atoms with E-state index < -0.39 is 10.2 Å². The van der Waals surface area contributed by atoms with Crippen LogP contribution in [0.3, 0.4) is 0 Å². The van der Waals surface area contributed by atoms with Crippen molar-refractivity contribution in [1.82, 2.24) is 9.03 Å². The smallest absolute Gasteiger partial charge is 0.279 e. The van der Waals surface area contributed by atoms with Crippen molar-refractivity contribution in [1.29, 1.82) is 0 Å². The van der Waals surface area contributed by atoms with Gasteiger partial charge in [-0.05, 0) is 25.7 Å². The monoisotopic (exact) mass is 275 g/mol. The summed E-state index contributed by atoms with van der Waals surface area (Å²) in [5.74, 6) is 0. The number of nitrogens with one attached hydrogen (secondary N) is 1. The van der Waals surface area contributed by atoms with Gasteiger partial charge in [-0.1, -0.05) is 25.7 Å². The van der Waals surface area contributed by atoms with E-state index in [1.165, 1.54) is 10.7 Å². The molecule has 2 aliphatic carbocycles. The van der Waals surface area contributed by atoms with Crippen LogP contribution in [0.5, 0.6) is 0 Å². The summed E-state index contributed by atoms with van der Waals surface area (Å²) in [6.07, 6.45) is 8.25. The standard InChI is InChI=1S/C12H25N3O2S/c1-15(10-6-3-2-4-7-10)18(16,17)14-12-9-5-8-11(12)13/h10-12,14H,2-9,13H2,1H3. The summed E-state index contributed by atoms with van der Waals surface area (Å²) in [4.78, 5) is 0. The summed E-state index contributed by atoms with van der Waals surface area (Å²) in [7, 11) is -1.68. The van der Waals surface area contributed by atoms with Crippen LogP contribution >= 0.6 is 0 Å². The van der Waals surface area contributed by atoms with Crippen molar-refractivity contribution in [2.75, 3.05) is 7.05 Å². The van der Waals surface area contributed by atoms with Gasteiger partial charge in [0.05, 0.1) is 0 Å². The van der Waals surface area contributed by atoms with Crippen molar-refractivity contribution >= 4 is 10.2 Å². The maximum atomic E-state index is 12.3. The molecule has 0 saturated heterocycles. The van der Waals surface area contributed by atoms with Gasteiger partial charge in [0.15, 0.2) is 0 Å². The van der Waals surface area contributed by atoms with Gasteiger partial charge in [0.1, 0.15) is 0 Å². The summed E-state index contributed by atoms with van der Waals surface area (Å²) in [5.41, 5.74) is 5.92. The van der Waals surface area contributed by atoms with Gasteiger partial charge in [0.25, 0.3) is 10.2 Å². The lowest BCUT2D eigenvalue weighted by Crippen LogP contribution is -2.51. The van der Waals surface area contributed by atoms with Crippen molar-refractivity contribution < 1.29 is 8.42 Å². The zero-order valence-corrected chi connectivity index (χ0v) is 12.0. The second-order valence-corrected chi connectivity index (χ2v) is 7.39. The van der Waals surface area contributed by atoms with Crippen LogP contribution in [0, 0.1) is 0 Å². The van der Waals surface area contributed by atoms with Gasteiger partial charge in [-0.3, -0.25) is 0 Å². The molecule has 2 atom stereocenters. The first-order chi connectivity index (χ1) is 8.50. The topological polar surface area (TPSA) is 75.4 Å². The lowest BCUT2D eigenvalue weighted by atomic mass is 9.96. The van der Waals surface area contributed by atoms with Crippen LogP contribution in [0.2, 0.25) is 0 Å². The average Bonchev–Trinajstić information content (AvgIpc) is 2.74. The Morgan fingerprint density at radius 3 is 2.28 bits per heavy atom. The van der Waals surface area contributed by atoms with Crippen molar-refractivity contribution in [2.24, 2.45) is 5.73 Å². The first kappa shape index (κ1) is 14.2. The maximum absolute atomic E-state index is 12.3. The van der Waals surface area contributed by atoms with Crippen LogP contribution in [0.4, 0.5) is 0 Å². The van der Waals surface area contributed by atoms with E-state index in [9.17, 15) is 8.42 Å². The van der Waals surface area contributed by atoms with E-state index in [4.69, 9.17) is 5.73 Å². The number of hydrogen-bond donors (Lipinski definition) is 2. The van der Waals surface area contributed by atoms with Crippen molar-refractivity contribution in [3.05, 3.63) is 0 Å². The predicted molar refractivity (Wildman–Crippen MR) is 72.3 cm³/mol. The Morgan fingerprint density at radius 2 is 1.72 bits per heavy atom. The van der Waals surface area contributed by atoms with Gasteiger partial charge in [-0.25, -0.2) is 0 Å². The van der Waals surface area contributed by atoms with Crippen LogP contribution < -0.4 is 10.5 Å². The van der Waals surface area contributed by atoms with E-state index >= 15 is 0 Å². The Labute approximate surface area is 110 Å². The highest BCUT2D eigenvalue weighted by Crippen LogP contribution is 2.24. The van der Waals surface area contributed by atoms with Gasteiger partial charge < -0.3 is 5.73 Å². The zero-order valence-electron chi connectivity index (χ0n) is 11.1. The number of nitrogens with two attached hydrogens (primary N) is 1. The molecule has 106 valence electrons. The molecule has 0 aromatic carbocycles. The van der Waals surface area contributed by atoms with Crippen molar-refractivity contribution in [3.8, 4) is 0 Å². The fraction of sp³-hybridized carbons (Fsp3) is 1.00. The molecule has 2 unspecified atom stereocenters. The third-order valence-electron chi connectivity index (χ3n) is 4.34. The lowest BCUT2D eigenvalue weighted by molar-refractivity contribution is 0.281. The Kier molecular flexibility index (Phi) is 4.64. The molecule has 6 heteroatoms. The molecule has 0 aromatic heterocycles. The normalized spacial score (nSPS) is 31.1. The van der Waals surface area contributed by atoms with Gasteiger partial charge in [0, 0.05) is 25.2 Å². The Bertz CT molecular complexity index is 366. The first-order valence-electron chi connectivity index (χ1n) is 7.01. The third-order valence-corrected chi connectivity index (χ3v) is 5.99. The number of nitrogens with zero attached hydrogens (tertiary/aromatic N) is 1. The molecule has 0 heterocycles. The maximum Gasteiger partial charge on any atom is 0.279 e. The van der Waals surface area contributed by atoms with E-state index in [0.29, 0.717) is 0 Å². The van der Waals surface area contributed by atoms with Crippen LogP contribution in [0.1, 0.15) is 51.4 Å². The molecule has 0 aromatic rings. The molecule has 3 N–H and O–H groups in total. The number of hydrogen-bond acceptors (Lipinski definition) is 3. The first-order valence-corrected chi connectivity index (χ1v) is 8.45. The lowest BCUT2D eigenvalue weighted by Gasteiger charge is -2.31. The molecule has 2 aliphatic rings. The fourth-order valence-corrected chi connectivity index (χ4v) is 4.50. The minimum absolute atomic E-state index is 0.0282. The molecule has 0 spiro atoms. The summed E-state index contributed by atoms with van der Waals surface area (Å²) in [6.45, 7) is 0. The molecular weight excluding hydrogens is 250 g/mol. The summed E-state index contributed by atoms with van der Waals surface area (Å²) < 4.78 is 28.9. The van der Waals surface area contributed by atoms with Gasteiger partial charge in [-0.2, -0.15) is 17.4 Å². The third kappa shape index (κ3) is 3.23. The molecule has 0 amide bonds. The second kappa shape index (κ2) is 5.86. The van der Waals surface area contributed by atoms with Gasteiger partial charge in [0.2, 0.25) is 0 Å². The Hall–Kier alpha value is -0.170. The molecular formula is C12H25N3O2S. The van der Waals surface area contributed by atoms with Crippen LogP contribution in [-0.2, 0) is 10.2 Å². The molecule has 2 saturated carbocycles. The molecule has 18 heavy (non-hydrogen) atoms.